The van der Waals surface area contributed by atoms with Crippen molar-refractivity contribution in [2.45, 2.75) is 82.8 Å². The minimum Gasteiger partial charge on any atom is -0.484 e. The number of nitrogens with two attached hydrogens (primary N) is 2. The predicted octanol–water partition coefficient (Wildman–Crippen LogP) is 7.63. The van der Waals surface area contributed by atoms with Crippen LogP contribution in [0.5, 0.6) is 5.75 Å². The zero-order valence-corrected chi connectivity index (χ0v) is 45.9. The predicted molar refractivity (Wildman–Crippen MR) is 292 cm³/mol. The maximum absolute atomic E-state index is 14.0. The first-order chi connectivity index (χ1) is 37.0. The van der Waals surface area contributed by atoms with Gasteiger partial charge in [0.25, 0.3) is 5.91 Å². The number of carbonyl (C=O) groups is 4. The van der Waals surface area contributed by atoms with E-state index in [1.54, 1.807) is 26.0 Å². The SMILES string of the molecule is COP(=O)(OC)OCCC(CCOP(=O)(OC)OC)c1c2nc(cc3ccc([nH]3)c(-c3ccc(OCC(=O)N[C@@H](CCCCN)C(=O)N4CCC[C@H]4C(=O)N[C@H](C(N)=O)C(C)C)cc3)c3ccc(cc4nc1C=C4)[nH]3)C=C2. The van der Waals surface area contributed by atoms with E-state index in [4.69, 9.17) is 53.3 Å². The smallest absolute Gasteiger partial charge is 0.474 e. The molecule has 22 nitrogen and oxygen atoms in total. The fourth-order valence-corrected chi connectivity index (χ4v) is 10.8. The number of hydrogen-bond acceptors (Lipinski definition) is 16. The van der Waals surface area contributed by atoms with Gasteiger partial charge in [0.1, 0.15) is 23.9 Å². The molecule has 3 aliphatic rings. The van der Waals surface area contributed by atoms with Crippen molar-refractivity contribution in [2.24, 2.45) is 17.4 Å². The second kappa shape index (κ2) is 26.8. The largest absolute Gasteiger partial charge is 0.484 e. The van der Waals surface area contributed by atoms with Crippen LogP contribution in [0.15, 0.2) is 60.7 Å². The highest BCUT2D eigenvalue weighted by molar-refractivity contribution is 7.48. The lowest BCUT2D eigenvalue weighted by Crippen LogP contribution is -2.57. The van der Waals surface area contributed by atoms with Gasteiger partial charge in [0.2, 0.25) is 17.7 Å². The Hall–Kier alpha value is -6.32. The maximum atomic E-state index is 14.0. The minimum absolute atomic E-state index is 0.0341. The highest BCUT2D eigenvalue weighted by atomic mass is 31.2. The second-order valence-corrected chi connectivity index (χ2v) is 22.6. The third kappa shape index (κ3) is 15.0. The van der Waals surface area contributed by atoms with Crippen molar-refractivity contribution >= 4 is 85.6 Å². The fraction of sp³-hybridized carbons (Fsp3) is 0.434. The van der Waals surface area contributed by atoms with Crippen LogP contribution in [0.4, 0.5) is 0 Å². The van der Waals surface area contributed by atoms with Crippen molar-refractivity contribution in [1.29, 1.82) is 0 Å². The number of unbranched alkanes of at least 4 members (excludes halogenated alkanes) is 1. The van der Waals surface area contributed by atoms with E-state index < -0.39 is 63.3 Å². The molecule has 3 aromatic heterocycles. The van der Waals surface area contributed by atoms with Crippen LogP contribution in [-0.4, -0.2) is 128 Å². The summed E-state index contributed by atoms with van der Waals surface area (Å²) in [5, 5.41) is 5.56. The summed E-state index contributed by atoms with van der Waals surface area (Å²) in [6, 6.07) is 16.4. The number of H-pyrrole nitrogens is 2. The Morgan fingerprint density at radius 1 is 0.753 bits per heavy atom. The molecule has 1 saturated heterocycles. The minimum atomic E-state index is -3.81. The number of nitrogens with one attached hydrogen (secondary N) is 4. The summed E-state index contributed by atoms with van der Waals surface area (Å²) < 4.78 is 63.0. The Kier molecular flexibility index (Phi) is 20.3. The number of aromatic nitrogens is 4. The molecule has 0 aliphatic carbocycles. The topological polar surface area (TPSA) is 304 Å². The first-order valence-corrected chi connectivity index (χ1v) is 28.4. The summed E-state index contributed by atoms with van der Waals surface area (Å²) in [7, 11) is -2.66. The molecule has 3 atom stereocenters. The lowest BCUT2D eigenvalue weighted by molar-refractivity contribution is -0.142. The highest BCUT2D eigenvalue weighted by Gasteiger charge is 2.39. The van der Waals surface area contributed by atoms with Crippen LogP contribution >= 0.6 is 15.6 Å². The molecule has 0 unspecified atom stereocenters. The zero-order chi connectivity index (χ0) is 55.3. The summed E-state index contributed by atoms with van der Waals surface area (Å²) in [4.78, 5) is 71.6. The van der Waals surface area contributed by atoms with Crippen LogP contribution in [0.25, 0.3) is 57.5 Å². The number of amides is 4. The van der Waals surface area contributed by atoms with Crippen LogP contribution in [0.3, 0.4) is 0 Å². The van der Waals surface area contributed by atoms with Crippen molar-refractivity contribution < 1.29 is 60.2 Å². The molecule has 0 radical (unpaired) electrons. The average Bonchev–Trinajstić information content (AvgIpc) is 4.33. The molecule has 8 N–H and O–H groups in total. The van der Waals surface area contributed by atoms with Crippen molar-refractivity contribution in [3.8, 4) is 16.9 Å². The number of fused-ring (bicyclic) bond motifs is 8. The van der Waals surface area contributed by atoms with Gasteiger partial charge in [-0.05, 0) is 142 Å². The molecule has 1 aromatic carbocycles. The van der Waals surface area contributed by atoms with Gasteiger partial charge in [0.05, 0.1) is 36.0 Å². The molecule has 6 heterocycles. The number of phosphoric ester groups is 2. The van der Waals surface area contributed by atoms with Crippen molar-refractivity contribution in [3.63, 3.8) is 0 Å². The number of ether oxygens (including phenoxy) is 1. The summed E-state index contributed by atoms with van der Waals surface area (Å²) in [5.74, 6) is -2.25. The molecule has 8 bridgehead atoms. The van der Waals surface area contributed by atoms with E-state index in [0.717, 1.165) is 38.8 Å². The third-order valence-electron chi connectivity index (χ3n) is 13.4. The number of likely N-dealkylation sites (tertiary alicyclic amines) is 1. The van der Waals surface area contributed by atoms with Crippen molar-refractivity contribution in [2.75, 3.05) is 61.3 Å². The van der Waals surface area contributed by atoms with Crippen LogP contribution in [0, 0.1) is 5.92 Å². The average molecular weight is 1100 g/mol. The molecule has 4 aromatic rings. The van der Waals surface area contributed by atoms with Gasteiger partial charge in [0.15, 0.2) is 6.61 Å². The lowest BCUT2D eigenvalue weighted by Gasteiger charge is -2.30. The number of rotatable bonds is 27. The maximum Gasteiger partial charge on any atom is 0.474 e. The number of primary amides is 1. The molecular formula is C53H69N9O13P2. The van der Waals surface area contributed by atoms with Gasteiger partial charge < -0.3 is 41.7 Å². The highest BCUT2D eigenvalue weighted by Crippen LogP contribution is 2.50. The molecular weight excluding hydrogens is 1030 g/mol. The van der Waals surface area contributed by atoms with Gasteiger partial charge in [0, 0.05) is 68.2 Å². The van der Waals surface area contributed by atoms with E-state index in [1.165, 1.54) is 33.3 Å². The summed E-state index contributed by atoms with van der Waals surface area (Å²) >= 11 is 0. The molecule has 24 heteroatoms. The van der Waals surface area contributed by atoms with E-state index in [9.17, 15) is 28.3 Å². The van der Waals surface area contributed by atoms with Gasteiger partial charge >= 0.3 is 15.6 Å². The van der Waals surface area contributed by atoms with Crippen LogP contribution in [0.1, 0.15) is 93.1 Å². The Labute approximate surface area is 447 Å². The van der Waals surface area contributed by atoms with E-state index in [-0.39, 0.29) is 25.7 Å². The molecule has 7 rings (SSSR count). The fourth-order valence-electron chi connectivity index (χ4n) is 9.40. The normalized spacial score (nSPS) is 15.3. The molecule has 0 spiro atoms. The Bertz CT molecular complexity index is 2940. The van der Waals surface area contributed by atoms with Crippen LogP contribution in [0.2, 0.25) is 0 Å². The number of benzene rings is 1. The van der Waals surface area contributed by atoms with E-state index in [0.29, 0.717) is 86.6 Å². The number of hydrogen-bond donors (Lipinski definition) is 6. The Morgan fingerprint density at radius 3 is 1.82 bits per heavy atom. The molecule has 414 valence electrons. The molecule has 77 heavy (non-hydrogen) atoms. The summed E-state index contributed by atoms with van der Waals surface area (Å²) in [6.45, 7) is 3.84. The van der Waals surface area contributed by atoms with Gasteiger partial charge in [-0.15, -0.1) is 0 Å². The van der Waals surface area contributed by atoms with E-state index in [2.05, 4.69) is 20.6 Å². The number of carbonyl (C=O) groups excluding carboxylic acids is 4. The van der Waals surface area contributed by atoms with Gasteiger partial charge in [-0.2, -0.15) is 0 Å². The number of phosphoric acid groups is 2. The first-order valence-electron chi connectivity index (χ1n) is 25.4. The van der Waals surface area contributed by atoms with E-state index >= 15 is 0 Å². The molecule has 1 fully saturated rings. The second-order valence-electron chi connectivity index (χ2n) is 18.8. The van der Waals surface area contributed by atoms with Crippen molar-refractivity contribution in [3.05, 3.63) is 89.0 Å². The Morgan fingerprint density at radius 2 is 1.31 bits per heavy atom. The Balaban J connectivity index is 1.14. The van der Waals surface area contributed by atoms with Gasteiger partial charge in [-0.3, -0.25) is 46.3 Å². The first kappa shape index (κ1) is 58.4. The third-order valence-corrected chi connectivity index (χ3v) is 16.2. The van der Waals surface area contributed by atoms with Gasteiger partial charge in [-0.1, -0.05) is 26.0 Å². The van der Waals surface area contributed by atoms with E-state index in [1.807, 2.05) is 72.8 Å². The summed E-state index contributed by atoms with van der Waals surface area (Å²) in [5.41, 5.74) is 19.4. The number of aromatic amines is 2. The van der Waals surface area contributed by atoms with Crippen LogP contribution in [-0.2, 0) is 55.5 Å². The van der Waals surface area contributed by atoms with Crippen LogP contribution < -0.4 is 26.8 Å². The summed E-state index contributed by atoms with van der Waals surface area (Å²) in [6.07, 6.45) is 10.7. The standard InChI is InChI=1S/C53H69N9O13P2/c1-33(2)50(51(55)64)61-52(65)46-11-9-27-62(46)53(66)45(10-7-8-26-54)60-47(63)32-73-40-18-12-34(13-19-40)48-41-20-14-36(56-41)30-38-16-22-43(58-38)49(44-23-17-39(59-44)31-37-15-21-42(48)57-37)35(24-28-74-76(67,69-3)70-4)25-29-75-77(68,71-5)72-6/h12-23,30-31,33,35,45-46,50,56-57H,7-11,24-29,32,54H2,1-6H3,(H2,55,64)(H,60,63)(H,61,65)/t45-,46-,50-/m0/s1. The molecule has 4 amide bonds. The monoisotopic (exact) mass is 1100 g/mol. The number of nitrogens with zero attached hydrogens (tertiary/aromatic N) is 3. The molecule has 3 aliphatic heterocycles. The molecule has 0 saturated carbocycles. The van der Waals surface area contributed by atoms with Gasteiger partial charge in [-0.25, -0.2) is 19.1 Å². The zero-order valence-electron chi connectivity index (χ0n) is 44.2. The lowest BCUT2D eigenvalue weighted by atomic mass is 9.90. The quantitative estimate of drug-likeness (QED) is 0.0213. The van der Waals surface area contributed by atoms with Crippen molar-refractivity contribution in [1.82, 2.24) is 35.5 Å².